The SMILES string of the molecule is CCOc1cccc(C2(C3CCNC3)COC2)c1. The Labute approximate surface area is 108 Å². The molecular formula is C15H21NO2. The van der Waals surface area contributed by atoms with Gasteiger partial charge in [0, 0.05) is 5.41 Å². The van der Waals surface area contributed by atoms with Crippen LogP contribution in [0.15, 0.2) is 24.3 Å². The second kappa shape index (κ2) is 4.90. The lowest BCUT2D eigenvalue weighted by Crippen LogP contribution is -2.53. The molecule has 18 heavy (non-hydrogen) atoms. The zero-order valence-corrected chi connectivity index (χ0v) is 10.9. The molecule has 3 nitrogen and oxygen atoms in total. The van der Waals surface area contributed by atoms with E-state index in [1.807, 2.05) is 13.0 Å². The molecule has 1 unspecified atom stereocenters. The Morgan fingerprint density at radius 3 is 2.94 bits per heavy atom. The van der Waals surface area contributed by atoms with E-state index in [4.69, 9.17) is 9.47 Å². The third kappa shape index (κ3) is 1.91. The van der Waals surface area contributed by atoms with Gasteiger partial charge in [-0.25, -0.2) is 0 Å². The molecule has 2 fully saturated rings. The summed E-state index contributed by atoms with van der Waals surface area (Å²) in [5.74, 6) is 1.68. The first kappa shape index (κ1) is 12.0. The average Bonchev–Trinajstić information content (AvgIpc) is 2.83. The summed E-state index contributed by atoms with van der Waals surface area (Å²) < 4.78 is 11.2. The van der Waals surface area contributed by atoms with E-state index in [0.29, 0.717) is 5.92 Å². The van der Waals surface area contributed by atoms with Gasteiger partial charge < -0.3 is 14.8 Å². The van der Waals surface area contributed by atoms with Crippen molar-refractivity contribution in [1.29, 1.82) is 0 Å². The van der Waals surface area contributed by atoms with Crippen molar-refractivity contribution >= 4 is 0 Å². The monoisotopic (exact) mass is 247 g/mol. The van der Waals surface area contributed by atoms with Gasteiger partial charge in [-0.3, -0.25) is 0 Å². The second-order valence-corrected chi connectivity index (χ2v) is 5.30. The molecule has 1 aromatic carbocycles. The van der Waals surface area contributed by atoms with Crippen LogP contribution in [0.3, 0.4) is 0 Å². The number of nitrogens with one attached hydrogen (secondary N) is 1. The van der Waals surface area contributed by atoms with Gasteiger partial charge in [-0.2, -0.15) is 0 Å². The minimum atomic E-state index is 0.219. The molecule has 0 amide bonds. The maximum Gasteiger partial charge on any atom is 0.119 e. The van der Waals surface area contributed by atoms with E-state index in [9.17, 15) is 0 Å². The molecule has 1 atom stereocenters. The van der Waals surface area contributed by atoms with Crippen molar-refractivity contribution in [2.75, 3.05) is 32.9 Å². The Kier molecular flexibility index (Phi) is 3.27. The molecule has 98 valence electrons. The lowest BCUT2D eigenvalue weighted by molar-refractivity contribution is -0.0869. The lowest BCUT2D eigenvalue weighted by atomic mass is 9.68. The summed E-state index contributed by atoms with van der Waals surface area (Å²) in [6.07, 6.45) is 1.25. The first-order chi connectivity index (χ1) is 8.85. The molecule has 0 bridgehead atoms. The Balaban J connectivity index is 1.88. The minimum Gasteiger partial charge on any atom is -0.494 e. The number of hydrogen-bond donors (Lipinski definition) is 1. The van der Waals surface area contributed by atoms with E-state index in [-0.39, 0.29) is 5.41 Å². The highest BCUT2D eigenvalue weighted by molar-refractivity contribution is 5.36. The van der Waals surface area contributed by atoms with E-state index >= 15 is 0 Å². The maximum atomic E-state index is 5.62. The minimum absolute atomic E-state index is 0.219. The molecule has 0 aliphatic carbocycles. The molecular weight excluding hydrogens is 226 g/mol. The van der Waals surface area contributed by atoms with Gasteiger partial charge in [-0.05, 0) is 50.0 Å². The van der Waals surface area contributed by atoms with E-state index in [2.05, 4.69) is 23.5 Å². The predicted octanol–water partition coefficient (Wildman–Crippen LogP) is 1.96. The van der Waals surface area contributed by atoms with Crippen molar-refractivity contribution in [3.8, 4) is 5.75 Å². The quantitative estimate of drug-likeness (QED) is 0.882. The third-order valence-corrected chi connectivity index (χ3v) is 4.28. The van der Waals surface area contributed by atoms with Gasteiger partial charge in [-0.15, -0.1) is 0 Å². The fraction of sp³-hybridized carbons (Fsp3) is 0.600. The van der Waals surface area contributed by atoms with Gasteiger partial charge in [0.1, 0.15) is 5.75 Å². The first-order valence-electron chi connectivity index (χ1n) is 6.87. The molecule has 2 aliphatic heterocycles. The highest BCUT2D eigenvalue weighted by atomic mass is 16.5. The summed E-state index contributed by atoms with van der Waals surface area (Å²) in [6.45, 7) is 6.71. The Morgan fingerprint density at radius 1 is 1.44 bits per heavy atom. The highest BCUT2D eigenvalue weighted by Crippen LogP contribution is 2.42. The summed E-state index contributed by atoms with van der Waals surface area (Å²) in [4.78, 5) is 0. The largest absolute Gasteiger partial charge is 0.494 e. The predicted molar refractivity (Wildman–Crippen MR) is 71.1 cm³/mol. The van der Waals surface area contributed by atoms with Gasteiger partial charge in [0.25, 0.3) is 0 Å². The summed E-state index contributed by atoms with van der Waals surface area (Å²) in [5.41, 5.74) is 1.60. The van der Waals surface area contributed by atoms with Crippen LogP contribution in [-0.2, 0) is 10.2 Å². The Hall–Kier alpha value is -1.06. The molecule has 2 heterocycles. The molecule has 1 N–H and O–H groups in total. The molecule has 3 rings (SSSR count). The molecule has 3 heteroatoms. The molecule has 1 aromatic rings. The van der Waals surface area contributed by atoms with Crippen LogP contribution in [0.25, 0.3) is 0 Å². The summed E-state index contributed by atoms with van der Waals surface area (Å²) >= 11 is 0. The van der Waals surface area contributed by atoms with E-state index < -0.39 is 0 Å². The van der Waals surface area contributed by atoms with Crippen molar-refractivity contribution in [3.63, 3.8) is 0 Å². The van der Waals surface area contributed by atoms with Crippen molar-refractivity contribution in [3.05, 3.63) is 29.8 Å². The third-order valence-electron chi connectivity index (χ3n) is 4.28. The van der Waals surface area contributed by atoms with Gasteiger partial charge in [-0.1, -0.05) is 12.1 Å². The lowest BCUT2D eigenvalue weighted by Gasteiger charge is -2.46. The van der Waals surface area contributed by atoms with Crippen molar-refractivity contribution in [2.45, 2.75) is 18.8 Å². The summed E-state index contributed by atoms with van der Waals surface area (Å²) in [6, 6.07) is 8.56. The molecule has 0 radical (unpaired) electrons. The van der Waals surface area contributed by atoms with Crippen LogP contribution in [0.5, 0.6) is 5.75 Å². The average molecular weight is 247 g/mol. The van der Waals surface area contributed by atoms with Crippen molar-refractivity contribution in [2.24, 2.45) is 5.92 Å². The van der Waals surface area contributed by atoms with Crippen LogP contribution in [0.2, 0.25) is 0 Å². The van der Waals surface area contributed by atoms with Crippen LogP contribution in [-0.4, -0.2) is 32.9 Å². The number of rotatable bonds is 4. The van der Waals surface area contributed by atoms with Crippen LogP contribution < -0.4 is 10.1 Å². The fourth-order valence-corrected chi connectivity index (χ4v) is 3.15. The van der Waals surface area contributed by atoms with Crippen LogP contribution in [0.1, 0.15) is 18.9 Å². The van der Waals surface area contributed by atoms with E-state index in [1.54, 1.807) is 0 Å². The van der Waals surface area contributed by atoms with Crippen LogP contribution >= 0.6 is 0 Å². The van der Waals surface area contributed by atoms with E-state index in [0.717, 1.165) is 38.7 Å². The second-order valence-electron chi connectivity index (χ2n) is 5.30. The molecule has 0 aromatic heterocycles. The number of hydrogen-bond acceptors (Lipinski definition) is 3. The molecule has 2 aliphatic rings. The highest BCUT2D eigenvalue weighted by Gasteiger charge is 2.47. The van der Waals surface area contributed by atoms with Gasteiger partial charge in [0.15, 0.2) is 0 Å². The van der Waals surface area contributed by atoms with Crippen LogP contribution in [0.4, 0.5) is 0 Å². The first-order valence-corrected chi connectivity index (χ1v) is 6.87. The van der Waals surface area contributed by atoms with Crippen molar-refractivity contribution in [1.82, 2.24) is 5.32 Å². The number of benzene rings is 1. The zero-order valence-electron chi connectivity index (χ0n) is 10.9. The Bertz CT molecular complexity index is 409. The van der Waals surface area contributed by atoms with E-state index in [1.165, 1.54) is 12.0 Å². The Morgan fingerprint density at radius 2 is 2.33 bits per heavy atom. The van der Waals surface area contributed by atoms with Crippen LogP contribution in [0, 0.1) is 5.92 Å². The number of ether oxygens (including phenoxy) is 2. The molecule has 0 spiro atoms. The smallest absolute Gasteiger partial charge is 0.119 e. The normalized spacial score (nSPS) is 25.7. The van der Waals surface area contributed by atoms with Crippen molar-refractivity contribution < 1.29 is 9.47 Å². The standard InChI is InChI=1S/C15H21NO2/c1-2-18-14-5-3-4-12(8-14)15(10-17-11-15)13-6-7-16-9-13/h3-5,8,13,16H,2,6-7,9-11H2,1H3. The van der Waals surface area contributed by atoms with Gasteiger partial charge in [0.05, 0.1) is 19.8 Å². The summed E-state index contributed by atoms with van der Waals surface area (Å²) in [5, 5.41) is 3.47. The molecule has 0 saturated carbocycles. The fourth-order valence-electron chi connectivity index (χ4n) is 3.15. The zero-order chi connectivity index (χ0) is 12.4. The summed E-state index contributed by atoms with van der Waals surface area (Å²) in [7, 11) is 0. The topological polar surface area (TPSA) is 30.5 Å². The van der Waals surface area contributed by atoms with Gasteiger partial charge in [0.2, 0.25) is 0 Å². The molecule has 2 saturated heterocycles. The maximum absolute atomic E-state index is 5.62. The van der Waals surface area contributed by atoms with Gasteiger partial charge >= 0.3 is 0 Å².